The number of nitrogens with zero attached hydrogens (tertiary/aromatic N) is 1. The predicted octanol–water partition coefficient (Wildman–Crippen LogP) is 3.21. The first-order chi connectivity index (χ1) is 13.0. The van der Waals surface area contributed by atoms with Gasteiger partial charge < -0.3 is 20.1 Å². The second kappa shape index (κ2) is 9.06. The Bertz CT molecular complexity index is 912. The van der Waals surface area contributed by atoms with Crippen molar-refractivity contribution in [2.24, 2.45) is 0 Å². The highest BCUT2D eigenvalue weighted by Gasteiger charge is 2.11. The van der Waals surface area contributed by atoms with Gasteiger partial charge in [0, 0.05) is 18.3 Å². The van der Waals surface area contributed by atoms with Gasteiger partial charge in [-0.15, -0.1) is 0 Å². The number of nitriles is 1. The molecule has 2 rings (SSSR count). The molecule has 0 saturated carbocycles. The zero-order valence-electron chi connectivity index (χ0n) is 15.2. The summed E-state index contributed by atoms with van der Waals surface area (Å²) in [5, 5.41) is 14.6. The molecule has 0 aliphatic carbocycles. The van der Waals surface area contributed by atoms with Crippen LogP contribution in [0.3, 0.4) is 0 Å². The number of benzene rings is 2. The molecule has 138 valence electrons. The minimum Gasteiger partial charge on any atom is -0.493 e. The van der Waals surface area contributed by atoms with Gasteiger partial charge in [-0.3, -0.25) is 9.59 Å². The molecule has 0 atom stereocenters. The zero-order chi connectivity index (χ0) is 19.8. The molecule has 0 bridgehead atoms. The van der Waals surface area contributed by atoms with Crippen LogP contribution in [0.1, 0.15) is 12.5 Å². The highest BCUT2D eigenvalue weighted by Crippen LogP contribution is 2.28. The van der Waals surface area contributed by atoms with E-state index in [1.807, 2.05) is 6.07 Å². The number of carbonyl (C=O) groups is 2. The Morgan fingerprint density at radius 3 is 2.07 bits per heavy atom. The SMILES string of the molecule is COc1ccc(/C=C(\C#N)C(=O)Nc2ccc(NC(C)=O)cc2)cc1OC. The molecule has 0 fully saturated rings. The van der Waals surface area contributed by atoms with Crippen LogP contribution in [0.5, 0.6) is 11.5 Å². The normalized spacial score (nSPS) is 10.5. The molecule has 7 heteroatoms. The van der Waals surface area contributed by atoms with Gasteiger partial charge in [-0.2, -0.15) is 5.26 Å². The van der Waals surface area contributed by atoms with Gasteiger partial charge in [-0.25, -0.2) is 0 Å². The Hall–Kier alpha value is -3.79. The van der Waals surface area contributed by atoms with Crippen molar-refractivity contribution in [3.05, 3.63) is 53.6 Å². The molecule has 0 spiro atoms. The molecule has 2 amide bonds. The molecule has 0 aliphatic heterocycles. The van der Waals surface area contributed by atoms with E-state index in [1.54, 1.807) is 42.5 Å². The molecule has 7 nitrogen and oxygen atoms in total. The van der Waals surface area contributed by atoms with Crippen molar-refractivity contribution < 1.29 is 19.1 Å². The maximum Gasteiger partial charge on any atom is 0.266 e. The zero-order valence-corrected chi connectivity index (χ0v) is 15.2. The van der Waals surface area contributed by atoms with Gasteiger partial charge in [-0.05, 0) is 48.0 Å². The van der Waals surface area contributed by atoms with Crippen LogP contribution >= 0.6 is 0 Å². The lowest BCUT2D eigenvalue weighted by Gasteiger charge is -2.08. The number of hydrogen-bond donors (Lipinski definition) is 2. The number of nitrogens with one attached hydrogen (secondary N) is 2. The number of ether oxygens (including phenoxy) is 2. The Labute approximate surface area is 157 Å². The molecule has 2 aromatic carbocycles. The van der Waals surface area contributed by atoms with Crippen molar-refractivity contribution in [2.45, 2.75) is 6.92 Å². The van der Waals surface area contributed by atoms with Crippen LogP contribution < -0.4 is 20.1 Å². The maximum atomic E-state index is 12.4. The van der Waals surface area contributed by atoms with Gasteiger partial charge in [0.2, 0.25) is 5.91 Å². The van der Waals surface area contributed by atoms with Crippen LogP contribution in [-0.4, -0.2) is 26.0 Å². The van der Waals surface area contributed by atoms with E-state index in [1.165, 1.54) is 27.2 Å². The lowest BCUT2D eigenvalue weighted by atomic mass is 10.1. The molecule has 0 unspecified atom stereocenters. The first-order valence-corrected chi connectivity index (χ1v) is 7.99. The van der Waals surface area contributed by atoms with Gasteiger partial charge in [0.05, 0.1) is 14.2 Å². The van der Waals surface area contributed by atoms with Crippen LogP contribution in [0.25, 0.3) is 6.08 Å². The summed E-state index contributed by atoms with van der Waals surface area (Å²) in [6, 6.07) is 13.6. The Morgan fingerprint density at radius 2 is 1.56 bits per heavy atom. The minimum atomic E-state index is -0.542. The van der Waals surface area contributed by atoms with Gasteiger partial charge in [0.25, 0.3) is 5.91 Å². The number of methoxy groups -OCH3 is 2. The van der Waals surface area contributed by atoms with Gasteiger partial charge in [0.1, 0.15) is 11.6 Å². The summed E-state index contributed by atoms with van der Waals surface area (Å²) in [6.45, 7) is 1.41. The Kier molecular flexibility index (Phi) is 6.55. The number of amides is 2. The first-order valence-electron chi connectivity index (χ1n) is 7.99. The van der Waals surface area contributed by atoms with Crippen molar-refractivity contribution in [3.63, 3.8) is 0 Å². The summed E-state index contributed by atoms with van der Waals surface area (Å²) >= 11 is 0. The largest absolute Gasteiger partial charge is 0.493 e. The smallest absolute Gasteiger partial charge is 0.266 e. The van der Waals surface area contributed by atoms with E-state index >= 15 is 0 Å². The number of carbonyl (C=O) groups excluding carboxylic acids is 2. The summed E-state index contributed by atoms with van der Waals surface area (Å²) in [4.78, 5) is 23.4. The van der Waals surface area contributed by atoms with E-state index in [2.05, 4.69) is 10.6 Å². The van der Waals surface area contributed by atoms with Crippen LogP contribution in [-0.2, 0) is 9.59 Å². The van der Waals surface area contributed by atoms with Crippen molar-refractivity contribution in [1.29, 1.82) is 5.26 Å². The third-order valence-electron chi connectivity index (χ3n) is 3.55. The van der Waals surface area contributed by atoms with Gasteiger partial charge >= 0.3 is 0 Å². The predicted molar refractivity (Wildman–Crippen MR) is 103 cm³/mol. The number of rotatable bonds is 6. The minimum absolute atomic E-state index is 0.0619. The molecule has 2 aromatic rings. The summed E-state index contributed by atoms with van der Waals surface area (Å²) in [5.41, 5.74) is 1.68. The Balaban J connectivity index is 2.17. The van der Waals surface area contributed by atoms with Crippen LogP contribution in [0, 0.1) is 11.3 Å². The van der Waals surface area contributed by atoms with E-state index in [9.17, 15) is 14.9 Å². The van der Waals surface area contributed by atoms with Crippen molar-refractivity contribution in [1.82, 2.24) is 0 Å². The quantitative estimate of drug-likeness (QED) is 0.605. The monoisotopic (exact) mass is 365 g/mol. The van der Waals surface area contributed by atoms with Crippen molar-refractivity contribution >= 4 is 29.3 Å². The summed E-state index contributed by atoms with van der Waals surface area (Å²) in [5.74, 6) is 0.324. The fourth-order valence-corrected chi connectivity index (χ4v) is 2.30. The lowest BCUT2D eigenvalue weighted by Crippen LogP contribution is -2.13. The van der Waals surface area contributed by atoms with E-state index < -0.39 is 5.91 Å². The molecule has 0 saturated heterocycles. The van der Waals surface area contributed by atoms with E-state index in [0.717, 1.165) is 0 Å². The van der Waals surface area contributed by atoms with Crippen LogP contribution in [0.2, 0.25) is 0 Å². The number of anilines is 2. The van der Waals surface area contributed by atoms with Crippen LogP contribution in [0.15, 0.2) is 48.0 Å². The highest BCUT2D eigenvalue weighted by molar-refractivity contribution is 6.09. The lowest BCUT2D eigenvalue weighted by molar-refractivity contribution is -0.114. The van der Waals surface area contributed by atoms with E-state index in [-0.39, 0.29) is 11.5 Å². The van der Waals surface area contributed by atoms with Crippen molar-refractivity contribution in [2.75, 3.05) is 24.9 Å². The van der Waals surface area contributed by atoms with Crippen LogP contribution in [0.4, 0.5) is 11.4 Å². The molecular weight excluding hydrogens is 346 g/mol. The highest BCUT2D eigenvalue weighted by atomic mass is 16.5. The standard InChI is InChI=1S/C20H19N3O4/c1-13(24)22-16-5-7-17(8-6-16)23-20(25)15(12-21)10-14-4-9-18(26-2)19(11-14)27-3/h4-11H,1-3H3,(H,22,24)(H,23,25)/b15-10+. The molecule has 27 heavy (non-hydrogen) atoms. The van der Waals surface area contributed by atoms with E-state index in [0.29, 0.717) is 28.4 Å². The summed E-state index contributed by atoms with van der Waals surface area (Å²) in [7, 11) is 3.03. The summed E-state index contributed by atoms with van der Waals surface area (Å²) in [6.07, 6.45) is 1.46. The molecule has 0 radical (unpaired) electrons. The fourth-order valence-electron chi connectivity index (χ4n) is 2.30. The average molecular weight is 365 g/mol. The summed E-state index contributed by atoms with van der Waals surface area (Å²) < 4.78 is 10.4. The van der Waals surface area contributed by atoms with Gasteiger partial charge in [0.15, 0.2) is 11.5 Å². The Morgan fingerprint density at radius 1 is 0.963 bits per heavy atom. The molecular formula is C20H19N3O4. The molecule has 0 aliphatic rings. The topological polar surface area (TPSA) is 100 Å². The van der Waals surface area contributed by atoms with Gasteiger partial charge in [-0.1, -0.05) is 6.07 Å². The second-order valence-corrected chi connectivity index (χ2v) is 5.50. The third kappa shape index (κ3) is 5.34. The fraction of sp³-hybridized carbons (Fsp3) is 0.150. The van der Waals surface area contributed by atoms with Crippen molar-refractivity contribution in [3.8, 4) is 17.6 Å². The maximum absolute atomic E-state index is 12.4. The van der Waals surface area contributed by atoms with E-state index in [4.69, 9.17) is 9.47 Å². The molecule has 0 aromatic heterocycles. The number of hydrogen-bond acceptors (Lipinski definition) is 5. The average Bonchev–Trinajstić information content (AvgIpc) is 2.66. The molecule has 2 N–H and O–H groups in total. The second-order valence-electron chi connectivity index (χ2n) is 5.50. The third-order valence-corrected chi connectivity index (χ3v) is 3.55. The molecule has 0 heterocycles. The first kappa shape index (κ1) is 19.5.